The molecular weight excluding hydrogens is 328 g/mol. The first kappa shape index (κ1) is 16.2. The average Bonchev–Trinajstić information content (AvgIpc) is 2.93. The van der Waals surface area contributed by atoms with Crippen LogP contribution < -0.4 is 10.3 Å². The number of rotatable bonds is 5. The van der Waals surface area contributed by atoms with Gasteiger partial charge in [-0.2, -0.15) is 0 Å². The number of carbonyl (C=O) groups excluding carboxylic acids is 1. The Morgan fingerprint density at radius 1 is 1.29 bits per heavy atom. The van der Waals surface area contributed by atoms with Crippen molar-refractivity contribution in [2.24, 2.45) is 0 Å². The SMILES string of the molecule is Cc1cccc(OCC(=O)OCc2cc(=O)n3c(C)csc3n2)c1. The minimum Gasteiger partial charge on any atom is -0.482 e. The van der Waals surface area contributed by atoms with Gasteiger partial charge in [0.1, 0.15) is 12.4 Å². The molecule has 0 aliphatic rings. The summed E-state index contributed by atoms with van der Waals surface area (Å²) in [6.07, 6.45) is 0. The van der Waals surface area contributed by atoms with Crippen molar-refractivity contribution in [2.45, 2.75) is 20.5 Å². The van der Waals surface area contributed by atoms with Crippen molar-refractivity contribution in [3.63, 3.8) is 0 Å². The molecule has 0 radical (unpaired) electrons. The van der Waals surface area contributed by atoms with Crippen LogP contribution in [0.25, 0.3) is 4.96 Å². The van der Waals surface area contributed by atoms with Crippen molar-refractivity contribution in [1.29, 1.82) is 0 Å². The van der Waals surface area contributed by atoms with Crippen LogP contribution >= 0.6 is 11.3 Å². The Bertz CT molecular complexity index is 945. The van der Waals surface area contributed by atoms with E-state index in [0.717, 1.165) is 11.3 Å². The topological polar surface area (TPSA) is 69.9 Å². The van der Waals surface area contributed by atoms with E-state index in [1.54, 1.807) is 6.07 Å². The van der Waals surface area contributed by atoms with Crippen molar-refractivity contribution in [3.8, 4) is 5.75 Å². The van der Waals surface area contributed by atoms with E-state index in [9.17, 15) is 9.59 Å². The van der Waals surface area contributed by atoms with Crippen LogP contribution in [-0.4, -0.2) is 22.0 Å². The van der Waals surface area contributed by atoms with Gasteiger partial charge in [0.15, 0.2) is 11.6 Å². The number of ether oxygens (including phenoxy) is 2. The standard InChI is InChI=1S/C17H16N2O4S/c1-11-4-3-5-14(6-11)22-9-16(21)23-8-13-7-15(20)19-12(2)10-24-17(19)18-13/h3-7,10H,8-9H2,1-2H3. The van der Waals surface area contributed by atoms with Crippen molar-refractivity contribution in [1.82, 2.24) is 9.38 Å². The van der Waals surface area contributed by atoms with Gasteiger partial charge in [-0.1, -0.05) is 12.1 Å². The maximum Gasteiger partial charge on any atom is 0.344 e. The summed E-state index contributed by atoms with van der Waals surface area (Å²) in [6.45, 7) is 3.54. The Morgan fingerprint density at radius 3 is 2.92 bits per heavy atom. The fourth-order valence-corrected chi connectivity index (χ4v) is 3.11. The molecule has 0 atom stereocenters. The molecule has 2 heterocycles. The molecule has 3 rings (SSSR count). The molecular formula is C17H16N2O4S. The van der Waals surface area contributed by atoms with E-state index in [2.05, 4.69) is 4.98 Å². The quantitative estimate of drug-likeness (QED) is 0.665. The van der Waals surface area contributed by atoms with Crippen LogP contribution in [0.15, 0.2) is 40.5 Å². The molecule has 0 unspecified atom stereocenters. The maximum absolute atomic E-state index is 12.0. The number of aryl methyl sites for hydroxylation is 2. The fraction of sp³-hybridized carbons (Fsp3) is 0.235. The summed E-state index contributed by atoms with van der Waals surface area (Å²) in [7, 11) is 0. The number of carbonyl (C=O) groups is 1. The second-order valence-electron chi connectivity index (χ2n) is 5.35. The summed E-state index contributed by atoms with van der Waals surface area (Å²) < 4.78 is 12.0. The molecule has 0 saturated heterocycles. The molecule has 0 spiro atoms. The molecule has 0 amide bonds. The van der Waals surface area contributed by atoms with E-state index in [0.29, 0.717) is 16.4 Å². The van der Waals surface area contributed by atoms with Crippen molar-refractivity contribution >= 4 is 22.3 Å². The third-order valence-electron chi connectivity index (χ3n) is 3.36. The second-order valence-corrected chi connectivity index (χ2v) is 6.18. The first-order valence-electron chi connectivity index (χ1n) is 7.35. The lowest BCUT2D eigenvalue weighted by atomic mass is 10.2. The highest BCUT2D eigenvalue weighted by atomic mass is 32.1. The van der Waals surface area contributed by atoms with Crippen LogP contribution in [0, 0.1) is 13.8 Å². The van der Waals surface area contributed by atoms with Gasteiger partial charge >= 0.3 is 5.97 Å². The summed E-state index contributed by atoms with van der Waals surface area (Å²) in [5, 5.41) is 1.86. The van der Waals surface area contributed by atoms with E-state index in [1.807, 2.05) is 37.4 Å². The number of hydrogen-bond acceptors (Lipinski definition) is 6. The summed E-state index contributed by atoms with van der Waals surface area (Å²) in [5.41, 5.74) is 2.12. The zero-order chi connectivity index (χ0) is 17.1. The van der Waals surface area contributed by atoms with Crippen LogP contribution in [0.4, 0.5) is 0 Å². The third kappa shape index (κ3) is 3.62. The summed E-state index contributed by atoms with van der Waals surface area (Å²) in [4.78, 5) is 28.7. The summed E-state index contributed by atoms with van der Waals surface area (Å²) in [6, 6.07) is 8.78. The second kappa shape index (κ2) is 6.84. The number of aromatic nitrogens is 2. The highest BCUT2D eigenvalue weighted by Crippen LogP contribution is 2.13. The zero-order valence-corrected chi connectivity index (χ0v) is 14.1. The van der Waals surface area contributed by atoms with Crippen LogP contribution in [0.3, 0.4) is 0 Å². The van der Waals surface area contributed by atoms with Gasteiger partial charge in [0, 0.05) is 17.1 Å². The number of hydrogen-bond donors (Lipinski definition) is 0. The van der Waals surface area contributed by atoms with E-state index in [1.165, 1.54) is 21.8 Å². The average molecular weight is 344 g/mol. The van der Waals surface area contributed by atoms with Gasteiger partial charge in [0.05, 0.1) is 5.69 Å². The monoisotopic (exact) mass is 344 g/mol. The Balaban J connectivity index is 1.59. The van der Waals surface area contributed by atoms with Crippen LogP contribution in [0.2, 0.25) is 0 Å². The number of fused-ring (bicyclic) bond motifs is 1. The van der Waals surface area contributed by atoms with Gasteiger partial charge in [-0.25, -0.2) is 9.78 Å². The van der Waals surface area contributed by atoms with Gasteiger partial charge < -0.3 is 9.47 Å². The molecule has 124 valence electrons. The molecule has 6 nitrogen and oxygen atoms in total. The summed E-state index contributed by atoms with van der Waals surface area (Å²) in [5.74, 6) is 0.0969. The number of esters is 1. The number of nitrogens with zero attached hydrogens (tertiary/aromatic N) is 2. The molecule has 0 aliphatic carbocycles. The van der Waals surface area contributed by atoms with Gasteiger partial charge in [-0.3, -0.25) is 9.20 Å². The minimum atomic E-state index is -0.513. The number of benzene rings is 1. The fourth-order valence-electron chi connectivity index (χ4n) is 2.22. The lowest BCUT2D eigenvalue weighted by molar-refractivity contribution is -0.147. The number of thiazole rings is 1. The predicted octanol–water partition coefficient (Wildman–Crippen LogP) is 2.50. The van der Waals surface area contributed by atoms with Crippen LogP contribution in [-0.2, 0) is 16.1 Å². The van der Waals surface area contributed by atoms with Gasteiger partial charge in [-0.15, -0.1) is 11.3 Å². The van der Waals surface area contributed by atoms with E-state index in [4.69, 9.17) is 9.47 Å². The third-order valence-corrected chi connectivity index (χ3v) is 4.30. The molecule has 2 aromatic heterocycles. The maximum atomic E-state index is 12.0. The zero-order valence-electron chi connectivity index (χ0n) is 13.3. The molecule has 0 saturated carbocycles. The Labute approximate surface area is 142 Å². The van der Waals surface area contributed by atoms with Gasteiger partial charge in [0.25, 0.3) is 5.56 Å². The molecule has 1 aromatic carbocycles. The van der Waals surface area contributed by atoms with Gasteiger partial charge in [0.2, 0.25) is 0 Å². The molecule has 7 heteroatoms. The molecule has 3 aromatic rings. The van der Waals surface area contributed by atoms with Crippen LogP contribution in [0.1, 0.15) is 17.0 Å². The van der Waals surface area contributed by atoms with Gasteiger partial charge in [-0.05, 0) is 31.5 Å². The Hall–Kier alpha value is -2.67. The first-order valence-corrected chi connectivity index (χ1v) is 8.23. The predicted molar refractivity (Wildman–Crippen MR) is 90.5 cm³/mol. The first-order chi connectivity index (χ1) is 11.5. The van der Waals surface area contributed by atoms with Crippen LogP contribution in [0.5, 0.6) is 5.75 Å². The molecule has 24 heavy (non-hydrogen) atoms. The highest BCUT2D eigenvalue weighted by molar-refractivity contribution is 7.15. The van der Waals surface area contributed by atoms with E-state index >= 15 is 0 Å². The normalized spacial score (nSPS) is 10.8. The molecule has 0 N–H and O–H groups in total. The van der Waals surface area contributed by atoms with Crippen molar-refractivity contribution in [2.75, 3.05) is 6.61 Å². The van der Waals surface area contributed by atoms with E-state index in [-0.39, 0.29) is 18.8 Å². The molecule has 0 bridgehead atoms. The molecule has 0 fully saturated rings. The lowest BCUT2D eigenvalue weighted by Gasteiger charge is -2.07. The van der Waals surface area contributed by atoms with Crippen molar-refractivity contribution in [3.05, 3.63) is 63.0 Å². The highest BCUT2D eigenvalue weighted by Gasteiger charge is 2.09. The smallest absolute Gasteiger partial charge is 0.344 e. The Morgan fingerprint density at radius 2 is 2.12 bits per heavy atom. The lowest BCUT2D eigenvalue weighted by Crippen LogP contribution is -2.18. The Kier molecular flexibility index (Phi) is 4.61. The van der Waals surface area contributed by atoms with E-state index < -0.39 is 5.97 Å². The summed E-state index contributed by atoms with van der Waals surface area (Å²) >= 11 is 1.37. The van der Waals surface area contributed by atoms with Crippen molar-refractivity contribution < 1.29 is 14.3 Å². The minimum absolute atomic E-state index is 0.0568. The molecule has 0 aliphatic heterocycles. The largest absolute Gasteiger partial charge is 0.482 e.